The van der Waals surface area contributed by atoms with Crippen LogP contribution >= 0.6 is 0 Å². The molecule has 0 saturated heterocycles. The zero-order valence-corrected chi connectivity index (χ0v) is 16.7. The van der Waals surface area contributed by atoms with E-state index in [2.05, 4.69) is 13.5 Å². The van der Waals surface area contributed by atoms with Crippen molar-refractivity contribution in [3.05, 3.63) is 42.0 Å². The number of rotatable bonds is 6. The van der Waals surface area contributed by atoms with Crippen LogP contribution in [-0.2, 0) is 14.3 Å². The minimum absolute atomic E-state index is 0.00351. The first kappa shape index (κ1) is 19.0. The smallest absolute Gasteiger partial charge is 0.231 e. The number of carbonyl (C=O) groups excluding carboxylic acids is 1. The minimum Gasteiger partial charge on any atom is -0.493 e. The second-order valence-corrected chi connectivity index (χ2v) is 7.54. The van der Waals surface area contributed by atoms with Crippen LogP contribution in [0, 0.1) is 11.8 Å². The minimum atomic E-state index is -0.681. The quantitative estimate of drug-likeness (QED) is 0.700. The lowest BCUT2D eigenvalue weighted by Crippen LogP contribution is -2.49. The van der Waals surface area contributed by atoms with Crippen molar-refractivity contribution in [1.29, 1.82) is 0 Å². The van der Waals surface area contributed by atoms with Gasteiger partial charge in [0, 0.05) is 20.1 Å². The summed E-state index contributed by atoms with van der Waals surface area (Å²) in [6, 6.07) is 3.88. The van der Waals surface area contributed by atoms with Gasteiger partial charge in [0.25, 0.3) is 0 Å². The maximum atomic E-state index is 13.4. The summed E-state index contributed by atoms with van der Waals surface area (Å²) >= 11 is 0. The number of hydrogen-bond acceptors (Lipinski definition) is 6. The van der Waals surface area contributed by atoms with Crippen molar-refractivity contribution in [2.75, 3.05) is 28.1 Å². The number of allylic oxidation sites excluding steroid dienone is 2. The number of benzene rings is 1. The Morgan fingerprint density at radius 2 is 2.04 bits per heavy atom. The van der Waals surface area contributed by atoms with Crippen molar-refractivity contribution in [1.82, 2.24) is 0 Å². The van der Waals surface area contributed by atoms with Gasteiger partial charge in [0.15, 0.2) is 17.3 Å². The van der Waals surface area contributed by atoms with Gasteiger partial charge in [-0.2, -0.15) is 0 Å². The molecule has 1 aromatic carbocycles. The fourth-order valence-corrected chi connectivity index (χ4v) is 5.24. The predicted octanol–water partition coefficient (Wildman–Crippen LogP) is 3.26. The third-order valence-corrected chi connectivity index (χ3v) is 6.46. The molecule has 0 aromatic heterocycles. The van der Waals surface area contributed by atoms with E-state index >= 15 is 0 Å². The van der Waals surface area contributed by atoms with Crippen LogP contribution in [0.5, 0.6) is 17.2 Å². The van der Waals surface area contributed by atoms with E-state index in [1.54, 1.807) is 27.4 Å². The monoisotopic (exact) mass is 386 g/mol. The zero-order chi connectivity index (χ0) is 20.1. The molecule has 1 aromatic rings. The number of ketones is 1. The van der Waals surface area contributed by atoms with E-state index in [-0.39, 0.29) is 36.4 Å². The van der Waals surface area contributed by atoms with Crippen molar-refractivity contribution >= 4 is 5.78 Å². The van der Waals surface area contributed by atoms with Crippen LogP contribution < -0.4 is 14.2 Å². The van der Waals surface area contributed by atoms with Gasteiger partial charge < -0.3 is 23.7 Å². The van der Waals surface area contributed by atoms with Crippen LogP contribution in [0.4, 0.5) is 0 Å². The lowest BCUT2D eigenvalue weighted by Gasteiger charge is -2.38. The van der Waals surface area contributed by atoms with E-state index in [1.807, 2.05) is 18.2 Å². The Hall–Kier alpha value is -2.31. The first-order chi connectivity index (χ1) is 13.5. The van der Waals surface area contributed by atoms with Crippen molar-refractivity contribution in [3.63, 3.8) is 0 Å². The Morgan fingerprint density at radius 1 is 1.25 bits per heavy atom. The highest BCUT2D eigenvalue weighted by Crippen LogP contribution is 2.58. The molecule has 1 fully saturated rings. The number of hydrogen-bond donors (Lipinski definition) is 0. The number of carbonyl (C=O) groups is 1. The molecule has 150 valence electrons. The molecule has 1 saturated carbocycles. The van der Waals surface area contributed by atoms with Crippen LogP contribution in [0.15, 0.2) is 36.4 Å². The number of fused-ring (bicyclic) bond motifs is 3. The fourth-order valence-electron chi connectivity index (χ4n) is 5.24. The van der Waals surface area contributed by atoms with E-state index in [1.165, 1.54) is 0 Å². The summed E-state index contributed by atoms with van der Waals surface area (Å²) in [6.45, 7) is 6.06. The highest BCUT2D eigenvalue weighted by Gasteiger charge is 2.64. The first-order valence-corrected chi connectivity index (χ1v) is 9.44. The number of Topliss-reactive ketones (excluding diaryl/α,β-unsaturated/α-hetero) is 1. The lowest BCUT2D eigenvalue weighted by molar-refractivity contribution is -0.134. The van der Waals surface area contributed by atoms with Gasteiger partial charge in [-0.15, -0.1) is 6.58 Å². The number of methoxy groups -OCH3 is 3. The van der Waals surface area contributed by atoms with Crippen LogP contribution in [0.1, 0.15) is 24.8 Å². The topological polar surface area (TPSA) is 63.2 Å². The molecule has 6 nitrogen and oxygen atoms in total. The predicted molar refractivity (Wildman–Crippen MR) is 103 cm³/mol. The summed E-state index contributed by atoms with van der Waals surface area (Å²) < 4.78 is 28.5. The average Bonchev–Trinajstić information content (AvgIpc) is 3.25. The summed E-state index contributed by atoms with van der Waals surface area (Å²) in [5.41, 5.74) is 1.01. The van der Waals surface area contributed by atoms with Gasteiger partial charge in [-0.05, 0) is 41.7 Å². The van der Waals surface area contributed by atoms with Crippen molar-refractivity contribution < 1.29 is 28.5 Å². The summed E-state index contributed by atoms with van der Waals surface area (Å²) in [5.74, 6) is 1.46. The van der Waals surface area contributed by atoms with Gasteiger partial charge >= 0.3 is 0 Å². The molecular weight excluding hydrogens is 360 g/mol. The lowest BCUT2D eigenvalue weighted by atomic mass is 9.78. The molecule has 1 aliphatic heterocycles. The normalized spacial score (nSPS) is 33.0. The summed E-state index contributed by atoms with van der Waals surface area (Å²) in [6.07, 6.45) is 3.86. The van der Waals surface area contributed by atoms with Crippen LogP contribution in [0.2, 0.25) is 0 Å². The molecule has 28 heavy (non-hydrogen) atoms. The molecule has 6 heteroatoms. The van der Waals surface area contributed by atoms with E-state index in [0.29, 0.717) is 23.7 Å². The molecule has 2 aliphatic carbocycles. The van der Waals surface area contributed by atoms with E-state index in [0.717, 1.165) is 11.1 Å². The van der Waals surface area contributed by atoms with Crippen molar-refractivity contribution in [2.45, 2.75) is 31.0 Å². The van der Waals surface area contributed by atoms with Crippen molar-refractivity contribution in [2.24, 2.45) is 11.8 Å². The average molecular weight is 386 g/mol. The Morgan fingerprint density at radius 3 is 2.68 bits per heavy atom. The summed E-state index contributed by atoms with van der Waals surface area (Å²) in [4.78, 5) is 13.4. The molecule has 5 atom stereocenters. The highest BCUT2D eigenvalue weighted by atomic mass is 16.7. The Labute approximate surface area is 165 Å². The van der Waals surface area contributed by atoms with Gasteiger partial charge in [-0.25, -0.2) is 0 Å². The second-order valence-electron chi connectivity index (χ2n) is 7.54. The third-order valence-electron chi connectivity index (χ3n) is 6.46. The van der Waals surface area contributed by atoms with Crippen molar-refractivity contribution in [3.8, 4) is 17.2 Å². The molecule has 4 rings (SSSR count). The van der Waals surface area contributed by atoms with Gasteiger partial charge in [0.2, 0.25) is 12.5 Å². The first-order valence-electron chi connectivity index (χ1n) is 9.44. The van der Waals surface area contributed by atoms with Gasteiger partial charge in [0.05, 0.1) is 13.0 Å². The molecule has 0 amide bonds. The van der Waals surface area contributed by atoms with Gasteiger partial charge in [0.1, 0.15) is 11.7 Å². The molecule has 1 heterocycles. The summed E-state index contributed by atoms with van der Waals surface area (Å²) in [5, 5.41) is 0. The Balaban J connectivity index is 1.86. The largest absolute Gasteiger partial charge is 0.493 e. The third kappa shape index (κ3) is 2.44. The molecule has 0 unspecified atom stereocenters. The zero-order valence-electron chi connectivity index (χ0n) is 16.7. The molecule has 0 spiro atoms. The van der Waals surface area contributed by atoms with Gasteiger partial charge in [-0.3, -0.25) is 4.79 Å². The second kappa shape index (κ2) is 6.94. The van der Waals surface area contributed by atoms with E-state index < -0.39 is 5.60 Å². The SMILES string of the molecule is C=CCC1=C[C@]2(OC)[C@H](C)[C@@H](c3cc(OC)c4c(c3)OCO4)[C@H](C1=O)[C@H]2OC. The Bertz CT molecular complexity index is 844. The van der Waals surface area contributed by atoms with Crippen LogP contribution in [0.3, 0.4) is 0 Å². The standard InChI is InChI=1S/C22H26O6/c1-6-7-13-10-22(26-5)12(2)17(18(19(13)23)21(22)25-4)14-8-15(24-3)20-16(9-14)27-11-28-20/h6,8-10,12,17-18,21H,1,7,11H2,2-5H3/t12-,17+,18-,21-,22+/m1/s1. The molecule has 3 aliphatic rings. The van der Waals surface area contributed by atoms with Crippen LogP contribution in [-0.4, -0.2) is 45.6 Å². The maximum Gasteiger partial charge on any atom is 0.231 e. The van der Waals surface area contributed by atoms with E-state index in [4.69, 9.17) is 23.7 Å². The molecule has 0 N–H and O–H groups in total. The molecule has 0 radical (unpaired) electrons. The Kier molecular flexibility index (Phi) is 4.71. The highest BCUT2D eigenvalue weighted by molar-refractivity contribution is 6.00. The molecule has 2 bridgehead atoms. The van der Waals surface area contributed by atoms with E-state index in [9.17, 15) is 4.79 Å². The summed E-state index contributed by atoms with van der Waals surface area (Å²) in [7, 11) is 4.92. The fraction of sp³-hybridized carbons (Fsp3) is 0.500. The maximum absolute atomic E-state index is 13.4. The number of ether oxygens (including phenoxy) is 5. The molecular formula is C22H26O6. The van der Waals surface area contributed by atoms with Crippen LogP contribution in [0.25, 0.3) is 0 Å². The van der Waals surface area contributed by atoms with Gasteiger partial charge in [-0.1, -0.05) is 13.0 Å².